The van der Waals surface area contributed by atoms with Gasteiger partial charge in [-0.05, 0) is 54.0 Å². The van der Waals surface area contributed by atoms with Gasteiger partial charge >= 0.3 is 23.8 Å². The zero-order chi connectivity index (χ0) is 41.3. The number of carbonyl (C=O) groups is 4. The van der Waals surface area contributed by atoms with Crippen molar-refractivity contribution in [2.45, 2.75) is 102 Å². The van der Waals surface area contributed by atoms with Crippen LogP contribution in [0.3, 0.4) is 0 Å². The number of nitrogens with zero attached hydrogens (tertiary/aromatic N) is 2. The maximum atomic E-state index is 14.0. The van der Waals surface area contributed by atoms with Gasteiger partial charge in [0.05, 0.1) is 25.0 Å². The molecule has 4 atom stereocenters. The zero-order valence-corrected chi connectivity index (χ0v) is 32.7. The fourth-order valence-corrected chi connectivity index (χ4v) is 7.86. The largest absolute Gasteiger partial charge is 0.461 e. The van der Waals surface area contributed by atoms with Crippen molar-refractivity contribution in [2.24, 2.45) is 5.92 Å². The topological polar surface area (TPSA) is 219 Å². The molecule has 310 valence electrons. The number of nitrogens with one attached hydrogen (secondary N) is 3. The predicted molar refractivity (Wildman–Crippen MR) is 210 cm³/mol. The van der Waals surface area contributed by atoms with E-state index in [2.05, 4.69) is 27.3 Å². The number of aromatic amines is 1. The number of aliphatic hydroxyl groups excluding tert-OH is 2. The van der Waals surface area contributed by atoms with Gasteiger partial charge in [0.2, 0.25) is 5.91 Å². The first-order valence-corrected chi connectivity index (χ1v) is 19.8. The molecule has 0 bridgehead atoms. The fraction of sp³-hybridized carbons (Fsp3) is 0.476. The lowest BCUT2D eigenvalue weighted by Crippen LogP contribution is -2.56. The van der Waals surface area contributed by atoms with Gasteiger partial charge in [-0.2, -0.15) is 4.98 Å². The zero-order valence-electron chi connectivity index (χ0n) is 32.7. The van der Waals surface area contributed by atoms with Crippen LogP contribution in [0.2, 0.25) is 0 Å². The molecule has 0 radical (unpaired) electrons. The van der Waals surface area contributed by atoms with Crippen molar-refractivity contribution in [3.8, 4) is 11.1 Å². The lowest BCUT2D eigenvalue weighted by molar-refractivity contribution is -0.161. The van der Waals surface area contributed by atoms with E-state index in [0.717, 1.165) is 59.4 Å². The van der Waals surface area contributed by atoms with Gasteiger partial charge in [-0.25, -0.2) is 29.6 Å². The Kier molecular flexibility index (Phi) is 13.9. The average Bonchev–Trinajstić information content (AvgIpc) is 3.69. The summed E-state index contributed by atoms with van der Waals surface area (Å²) in [5.74, 6) is -1.49. The minimum absolute atomic E-state index is 0.0317. The number of ether oxygens (including phenoxy) is 4. The highest BCUT2D eigenvalue weighted by atomic mass is 16.6. The first-order valence-electron chi connectivity index (χ1n) is 19.8. The van der Waals surface area contributed by atoms with Gasteiger partial charge in [0.1, 0.15) is 30.7 Å². The van der Waals surface area contributed by atoms with Crippen molar-refractivity contribution < 1.29 is 48.3 Å². The summed E-state index contributed by atoms with van der Waals surface area (Å²) in [6.45, 7) is 6.13. The number of hydrazine groups is 1. The maximum absolute atomic E-state index is 14.0. The summed E-state index contributed by atoms with van der Waals surface area (Å²) in [5, 5.41) is 23.1. The molecule has 58 heavy (non-hydrogen) atoms. The molecular formula is C42H51N5O11. The van der Waals surface area contributed by atoms with E-state index < -0.39 is 73.4 Å². The molecule has 16 nitrogen and oxygen atoms in total. The smallest absolute Gasteiger partial charge is 0.426 e. The van der Waals surface area contributed by atoms with Crippen molar-refractivity contribution in [2.75, 3.05) is 25.1 Å². The van der Waals surface area contributed by atoms with Crippen LogP contribution < -0.4 is 16.4 Å². The number of aliphatic hydroxyl groups is 2. The quantitative estimate of drug-likeness (QED) is 0.0628. The number of benzene rings is 2. The highest BCUT2D eigenvalue weighted by Crippen LogP contribution is 2.44. The van der Waals surface area contributed by atoms with Gasteiger partial charge in [-0.15, -0.1) is 0 Å². The second-order valence-electron chi connectivity index (χ2n) is 15.1. The molecule has 1 saturated carbocycles. The summed E-state index contributed by atoms with van der Waals surface area (Å²) in [6, 6.07) is 15.6. The third kappa shape index (κ3) is 10.1. The van der Waals surface area contributed by atoms with Crippen molar-refractivity contribution in [3.05, 3.63) is 94.1 Å². The van der Waals surface area contributed by atoms with E-state index in [1.54, 1.807) is 13.8 Å². The van der Waals surface area contributed by atoms with Gasteiger partial charge in [0.15, 0.2) is 6.04 Å². The van der Waals surface area contributed by atoms with Crippen LogP contribution in [-0.4, -0.2) is 93.4 Å². The lowest BCUT2D eigenvalue weighted by Gasteiger charge is -2.31. The molecule has 16 heteroatoms. The van der Waals surface area contributed by atoms with Crippen LogP contribution in [0.25, 0.3) is 11.1 Å². The number of hydrogen-bond acceptors (Lipinski definition) is 12. The first-order chi connectivity index (χ1) is 27.9. The molecule has 3 amide bonds. The SMILES string of the molecule is C=C1[C@H](c2cc(NC(=O)OCC[C@H](C(=O)OC(C)C)N(NC(=O)OCC3c4ccccc4-c4ccccc43)C(=O)CCC3CCCCC3)nc(=O)[nH]2)O[C@H](CO)[C@H]1O. The van der Waals surface area contributed by atoms with Crippen molar-refractivity contribution in [1.82, 2.24) is 20.4 Å². The third-order valence-electron chi connectivity index (χ3n) is 10.7. The molecule has 0 unspecified atom stereocenters. The number of H-pyrrole nitrogens is 1. The average molecular weight is 802 g/mol. The molecule has 2 aromatic carbocycles. The van der Waals surface area contributed by atoms with E-state index in [9.17, 15) is 34.2 Å². The molecular weight excluding hydrogens is 750 g/mol. The minimum atomic E-state index is -1.41. The van der Waals surface area contributed by atoms with Gasteiger partial charge in [-0.3, -0.25) is 10.1 Å². The predicted octanol–water partition coefficient (Wildman–Crippen LogP) is 5.02. The van der Waals surface area contributed by atoms with Crippen LogP contribution in [0, 0.1) is 5.92 Å². The molecule has 2 heterocycles. The second kappa shape index (κ2) is 19.2. The minimum Gasteiger partial charge on any atom is -0.461 e. The monoisotopic (exact) mass is 801 g/mol. The summed E-state index contributed by atoms with van der Waals surface area (Å²) in [6.07, 6.45) is -0.0605. The number of carbonyl (C=O) groups excluding carboxylic acids is 4. The fourth-order valence-electron chi connectivity index (χ4n) is 7.86. The van der Waals surface area contributed by atoms with E-state index in [-0.39, 0.29) is 42.5 Å². The molecule has 5 N–H and O–H groups in total. The number of rotatable bonds is 14. The molecule has 1 saturated heterocycles. The molecule has 1 aliphatic heterocycles. The number of anilines is 1. The Bertz CT molecular complexity index is 1980. The van der Waals surface area contributed by atoms with E-state index >= 15 is 0 Å². The van der Waals surface area contributed by atoms with Crippen LogP contribution in [0.15, 0.2) is 71.5 Å². The highest BCUT2D eigenvalue weighted by molar-refractivity contribution is 5.87. The second-order valence-corrected chi connectivity index (χ2v) is 15.1. The van der Waals surface area contributed by atoms with Crippen LogP contribution in [0.1, 0.15) is 94.1 Å². The van der Waals surface area contributed by atoms with E-state index in [1.807, 2.05) is 48.5 Å². The van der Waals surface area contributed by atoms with Crippen molar-refractivity contribution >= 4 is 29.9 Å². The number of esters is 1. The normalized spacial score (nSPS) is 19.5. The number of amides is 3. The molecule has 2 aliphatic carbocycles. The third-order valence-corrected chi connectivity index (χ3v) is 10.7. The molecule has 6 rings (SSSR count). The van der Waals surface area contributed by atoms with Crippen molar-refractivity contribution in [1.29, 1.82) is 0 Å². The van der Waals surface area contributed by atoms with Crippen LogP contribution in [-0.2, 0) is 28.5 Å². The maximum Gasteiger partial charge on any atom is 0.426 e. The highest BCUT2D eigenvalue weighted by Gasteiger charge is 2.39. The van der Waals surface area contributed by atoms with Gasteiger partial charge in [0, 0.05) is 24.8 Å². The molecule has 2 fully saturated rings. The number of fused-ring (bicyclic) bond motifs is 3. The van der Waals surface area contributed by atoms with E-state index in [1.165, 1.54) is 6.07 Å². The Morgan fingerprint density at radius 2 is 1.67 bits per heavy atom. The van der Waals surface area contributed by atoms with Crippen LogP contribution >= 0.6 is 0 Å². The van der Waals surface area contributed by atoms with E-state index in [4.69, 9.17) is 18.9 Å². The van der Waals surface area contributed by atoms with Gasteiger partial charge in [0.25, 0.3) is 0 Å². The first kappa shape index (κ1) is 42.0. The summed E-state index contributed by atoms with van der Waals surface area (Å²) >= 11 is 0. The lowest BCUT2D eigenvalue weighted by atomic mass is 9.86. The Morgan fingerprint density at radius 1 is 1.00 bits per heavy atom. The molecule has 3 aliphatic rings. The van der Waals surface area contributed by atoms with Crippen LogP contribution in [0.5, 0.6) is 0 Å². The Morgan fingerprint density at radius 3 is 2.31 bits per heavy atom. The van der Waals surface area contributed by atoms with Crippen LogP contribution in [0.4, 0.5) is 15.4 Å². The Hall–Kier alpha value is -5.58. The molecule has 0 spiro atoms. The summed E-state index contributed by atoms with van der Waals surface area (Å²) in [4.78, 5) is 72.7. The number of hydrogen-bond donors (Lipinski definition) is 5. The summed E-state index contributed by atoms with van der Waals surface area (Å²) in [5.41, 5.74) is 6.10. The Labute approximate surface area is 335 Å². The summed E-state index contributed by atoms with van der Waals surface area (Å²) in [7, 11) is 0. The standard InChI is InChI=1S/C42H51N5O11/c1-24(2)57-39(51)33(19-20-55-41(53)45-35-21-32(43-40(52)44-35)38-25(3)37(50)34(22-48)58-38)47(36(49)18-17-26-11-5-4-6-12-26)46-42(54)56-23-31-29-15-9-7-13-27(29)28-14-8-10-16-30(28)31/h7-10,13-16,21,24,26,31,33-34,37-38,48,50H,3-6,11-12,17-20,22-23H2,1-2H3,(H,46,54)(H2,43,44,45,52,53)/t33-,34-,37+,38-/m1/s1. The molecule has 3 aromatic rings. The number of aromatic nitrogens is 2. The summed E-state index contributed by atoms with van der Waals surface area (Å²) < 4.78 is 22.2. The van der Waals surface area contributed by atoms with Crippen molar-refractivity contribution in [3.63, 3.8) is 0 Å². The molecule has 1 aromatic heterocycles. The van der Waals surface area contributed by atoms with E-state index in [0.29, 0.717) is 12.3 Å². The Balaban J connectivity index is 1.14. The van der Waals surface area contributed by atoms with Gasteiger partial charge < -0.3 is 34.1 Å². The van der Waals surface area contributed by atoms with Gasteiger partial charge in [-0.1, -0.05) is 87.2 Å².